The van der Waals surface area contributed by atoms with Crippen LogP contribution >= 0.6 is 0 Å². The number of hydrogen-bond acceptors (Lipinski definition) is 10. The standard InChI is InChI=1S/C40H38O10/c1-20(2)4-9-26-32(44)14-12-28(38(26)48)40(50)36-29(25-10-8-24(42)19-35(25)47)16-21(3)17-30(36)37-33(45)15-11-27(39(37)49)31(43)13-6-22-5-7-23(41)18-34(22)46/h4-8,10-15,17-19,29-30,36,41-42,44-49H,9,16H2,1-3H3/b13-6-/t29-,30+,36+/m1/s1. The van der Waals surface area contributed by atoms with Gasteiger partial charge >= 0.3 is 0 Å². The number of hydrogen-bond donors (Lipinski definition) is 8. The number of benzene rings is 4. The van der Waals surface area contributed by atoms with Crippen LogP contribution in [0, 0.1) is 5.92 Å². The van der Waals surface area contributed by atoms with E-state index in [1.54, 1.807) is 19.1 Å². The van der Waals surface area contributed by atoms with E-state index in [-0.39, 0.29) is 69.4 Å². The summed E-state index contributed by atoms with van der Waals surface area (Å²) in [5.41, 5.74) is 1.82. The molecule has 0 aliphatic heterocycles. The second-order valence-corrected chi connectivity index (χ2v) is 12.8. The van der Waals surface area contributed by atoms with Crippen LogP contribution in [0.3, 0.4) is 0 Å². The van der Waals surface area contributed by atoms with Crippen LogP contribution in [0.4, 0.5) is 0 Å². The first kappa shape index (κ1) is 35.2. The van der Waals surface area contributed by atoms with Gasteiger partial charge in [0.25, 0.3) is 0 Å². The summed E-state index contributed by atoms with van der Waals surface area (Å²) in [6, 6.07) is 12.8. The first-order valence-corrected chi connectivity index (χ1v) is 15.9. The molecule has 0 amide bonds. The molecule has 0 radical (unpaired) electrons. The number of allylic oxidation sites excluding steroid dienone is 5. The van der Waals surface area contributed by atoms with Gasteiger partial charge in [-0.3, -0.25) is 9.59 Å². The molecule has 10 heteroatoms. The maximum absolute atomic E-state index is 14.7. The number of phenolic OH excluding ortho intramolecular Hbond substituents is 8. The Morgan fingerprint density at radius 1 is 0.740 bits per heavy atom. The highest BCUT2D eigenvalue weighted by molar-refractivity contribution is 6.09. The van der Waals surface area contributed by atoms with E-state index in [0.29, 0.717) is 5.56 Å². The van der Waals surface area contributed by atoms with E-state index in [2.05, 4.69) is 0 Å². The van der Waals surface area contributed by atoms with Gasteiger partial charge in [0, 0.05) is 46.6 Å². The fourth-order valence-electron chi connectivity index (χ4n) is 6.52. The zero-order valence-corrected chi connectivity index (χ0v) is 27.6. The molecular formula is C40H38O10. The van der Waals surface area contributed by atoms with Gasteiger partial charge < -0.3 is 40.9 Å². The van der Waals surface area contributed by atoms with Gasteiger partial charge in [-0.2, -0.15) is 0 Å². The third kappa shape index (κ3) is 7.00. The third-order valence-corrected chi connectivity index (χ3v) is 9.00. The van der Waals surface area contributed by atoms with Crippen LogP contribution in [-0.2, 0) is 6.42 Å². The van der Waals surface area contributed by atoms with Crippen molar-refractivity contribution in [3.05, 3.63) is 123 Å². The summed E-state index contributed by atoms with van der Waals surface area (Å²) in [7, 11) is 0. The van der Waals surface area contributed by atoms with Crippen molar-refractivity contribution >= 4 is 17.6 Å². The summed E-state index contributed by atoms with van der Waals surface area (Å²) >= 11 is 0. The van der Waals surface area contributed by atoms with Crippen molar-refractivity contribution in [1.82, 2.24) is 0 Å². The number of carbonyl (C=O) groups excluding carboxylic acids is 2. The second kappa shape index (κ2) is 14.1. The van der Waals surface area contributed by atoms with E-state index in [1.807, 2.05) is 13.8 Å². The SMILES string of the molecule is CC(C)=CCc1c(O)ccc(C(=O)[C@@H]2[C@@H](c3c(O)ccc(C(=O)/C=C\c4ccc(O)cc4O)c3O)C=C(C)C[C@@H]2c2ccc(O)cc2O)c1O. The van der Waals surface area contributed by atoms with Gasteiger partial charge in [-0.15, -0.1) is 0 Å². The quantitative estimate of drug-likeness (QED) is 0.0500. The Hall–Kier alpha value is -6.16. The van der Waals surface area contributed by atoms with Gasteiger partial charge in [-0.05, 0) is 93.8 Å². The molecule has 1 aliphatic rings. The molecule has 0 saturated carbocycles. The van der Waals surface area contributed by atoms with Crippen LogP contribution < -0.4 is 0 Å². The monoisotopic (exact) mass is 678 g/mol. The van der Waals surface area contributed by atoms with E-state index in [0.717, 1.165) is 29.4 Å². The Morgan fingerprint density at radius 3 is 2.04 bits per heavy atom. The van der Waals surface area contributed by atoms with Crippen molar-refractivity contribution in [2.45, 2.75) is 45.4 Å². The molecule has 8 N–H and O–H groups in total. The zero-order chi connectivity index (χ0) is 36.4. The number of phenols is 8. The number of carbonyl (C=O) groups is 2. The molecule has 3 atom stereocenters. The van der Waals surface area contributed by atoms with Gasteiger partial charge in [0.15, 0.2) is 11.6 Å². The molecule has 0 heterocycles. The minimum Gasteiger partial charge on any atom is -0.508 e. The Labute approximate surface area is 288 Å². The van der Waals surface area contributed by atoms with Crippen molar-refractivity contribution in [2.75, 3.05) is 0 Å². The van der Waals surface area contributed by atoms with E-state index in [9.17, 15) is 50.4 Å². The van der Waals surface area contributed by atoms with Crippen LogP contribution in [0.5, 0.6) is 46.0 Å². The van der Waals surface area contributed by atoms with Crippen molar-refractivity contribution in [2.24, 2.45) is 5.92 Å². The highest BCUT2D eigenvalue weighted by Gasteiger charge is 2.43. The second-order valence-electron chi connectivity index (χ2n) is 12.8. The Balaban J connectivity index is 1.67. The highest BCUT2D eigenvalue weighted by atomic mass is 16.3. The predicted molar refractivity (Wildman–Crippen MR) is 187 cm³/mol. The summed E-state index contributed by atoms with van der Waals surface area (Å²) in [6.45, 7) is 5.48. The van der Waals surface area contributed by atoms with Crippen LogP contribution in [0.1, 0.15) is 82.0 Å². The topological polar surface area (TPSA) is 196 Å². The summed E-state index contributed by atoms with van der Waals surface area (Å²) < 4.78 is 0. The van der Waals surface area contributed by atoms with Crippen molar-refractivity contribution in [3.8, 4) is 46.0 Å². The molecule has 0 aromatic heterocycles. The van der Waals surface area contributed by atoms with Gasteiger partial charge in [0.2, 0.25) is 0 Å². The lowest BCUT2D eigenvalue weighted by Gasteiger charge is -2.37. The molecule has 0 fully saturated rings. The lowest BCUT2D eigenvalue weighted by molar-refractivity contribution is 0.0876. The smallest absolute Gasteiger partial charge is 0.189 e. The fourth-order valence-corrected chi connectivity index (χ4v) is 6.52. The van der Waals surface area contributed by atoms with Crippen molar-refractivity contribution in [1.29, 1.82) is 0 Å². The Morgan fingerprint density at radius 2 is 1.38 bits per heavy atom. The summed E-state index contributed by atoms with van der Waals surface area (Å²) in [5, 5.41) is 85.5. The molecule has 5 rings (SSSR count). The molecule has 4 aromatic carbocycles. The summed E-state index contributed by atoms with van der Waals surface area (Å²) in [6.07, 6.45) is 6.25. The predicted octanol–water partition coefficient (Wildman–Crippen LogP) is 7.45. The van der Waals surface area contributed by atoms with Gasteiger partial charge in [-0.25, -0.2) is 0 Å². The molecule has 258 valence electrons. The zero-order valence-electron chi connectivity index (χ0n) is 27.6. The largest absolute Gasteiger partial charge is 0.508 e. The maximum atomic E-state index is 14.7. The van der Waals surface area contributed by atoms with E-state index >= 15 is 0 Å². The van der Waals surface area contributed by atoms with E-state index in [1.165, 1.54) is 54.6 Å². The van der Waals surface area contributed by atoms with Gasteiger partial charge in [0.05, 0.1) is 11.1 Å². The molecule has 0 unspecified atom stereocenters. The fraction of sp³-hybridized carbons (Fsp3) is 0.200. The molecule has 0 bridgehead atoms. The normalized spacial score (nSPS) is 17.3. The lowest BCUT2D eigenvalue weighted by atomic mass is 9.65. The molecule has 50 heavy (non-hydrogen) atoms. The lowest BCUT2D eigenvalue weighted by Crippen LogP contribution is -2.32. The first-order valence-electron chi connectivity index (χ1n) is 15.9. The Bertz CT molecular complexity index is 2080. The Kier molecular flexibility index (Phi) is 9.94. The molecule has 1 aliphatic carbocycles. The van der Waals surface area contributed by atoms with Crippen molar-refractivity contribution in [3.63, 3.8) is 0 Å². The molecule has 4 aromatic rings. The third-order valence-electron chi connectivity index (χ3n) is 9.00. The van der Waals surface area contributed by atoms with Crippen molar-refractivity contribution < 1.29 is 50.4 Å². The van der Waals surface area contributed by atoms with Crippen LogP contribution in [0.25, 0.3) is 6.08 Å². The first-order chi connectivity index (χ1) is 23.7. The van der Waals surface area contributed by atoms with Gasteiger partial charge in [-0.1, -0.05) is 29.4 Å². The molecule has 0 spiro atoms. The number of rotatable bonds is 9. The highest BCUT2D eigenvalue weighted by Crippen LogP contribution is 2.53. The van der Waals surface area contributed by atoms with Crippen LogP contribution in [-0.4, -0.2) is 52.4 Å². The van der Waals surface area contributed by atoms with E-state index in [4.69, 9.17) is 0 Å². The maximum Gasteiger partial charge on any atom is 0.189 e. The average molecular weight is 679 g/mol. The number of aromatic hydroxyl groups is 8. The van der Waals surface area contributed by atoms with Gasteiger partial charge in [0.1, 0.15) is 46.0 Å². The van der Waals surface area contributed by atoms with E-state index < -0.39 is 46.6 Å². The summed E-state index contributed by atoms with van der Waals surface area (Å²) in [5.74, 6) is -7.01. The minimum absolute atomic E-state index is 0.130. The molecule has 10 nitrogen and oxygen atoms in total. The molecule has 0 saturated heterocycles. The molecular weight excluding hydrogens is 640 g/mol. The average Bonchev–Trinajstić information content (AvgIpc) is 3.03. The minimum atomic E-state index is -1.19. The van der Waals surface area contributed by atoms with Crippen LogP contribution in [0.2, 0.25) is 0 Å². The van der Waals surface area contributed by atoms with Crippen LogP contribution in [0.15, 0.2) is 90.0 Å². The summed E-state index contributed by atoms with van der Waals surface area (Å²) in [4.78, 5) is 28.1. The number of Topliss-reactive ketones (excluding diaryl/α,β-unsaturated/α-hetero) is 1. The number of ketones is 2.